The Morgan fingerprint density at radius 2 is 1.58 bits per heavy atom. The van der Waals surface area contributed by atoms with E-state index in [1.807, 2.05) is 12.1 Å². The fourth-order valence-corrected chi connectivity index (χ4v) is 6.18. The Kier molecular flexibility index (Phi) is 8.27. The molecule has 3 nitrogen and oxygen atoms in total. The summed E-state index contributed by atoms with van der Waals surface area (Å²) in [6, 6.07) is 19.2. The van der Waals surface area contributed by atoms with Crippen LogP contribution in [0, 0.1) is 17.8 Å². The van der Waals surface area contributed by atoms with Gasteiger partial charge in [0.1, 0.15) is 5.75 Å². The molecule has 3 heteroatoms. The summed E-state index contributed by atoms with van der Waals surface area (Å²) in [6.07, 6.45) is 8.09. The minimum Gasteiger partial charge on any atom is -0.508 e. The minimum absolute atomic E-state index is 0.208. The van der Waals surface area contributed by atoms with Crippen molar-refractivity contribution >= 4 is 11.1 Å². The largest absolute Gasteiger partial charge is 0.508 e. The number of aliphatic hydroxyl groups is 1. The monoisotopic (exact) mass is 447 g/mol. The lowest BCUT2D eigenvalue weighted by atomic mass is 9.70. The lowest BCUT2D eigenvalue weighted by Crippen LogP contribution is -2.30. The average Bonchev–Trinajstić information content (AvgIpc) is 3.34. The standard InChI is InChI=1S/C30H41NO2/c1-22(2)31-19-18-27(21-31)23-10-12-25(13-11-23)30(26-14-16-28(33)17-15-26)29(9-6-20-32)24-7-4-3-5-8-24/h3-5,7-8,14-17,22-23,25,27,32-33H,6,9-13,18-21H2,1-2H3/b30-29+. The number of aliphatic hydroxyl groups excluding tert-OH is 1. The van der Waals surface area contributed by atoms with Crippen LogP contribution in [0.3, 0.4) is 0 Å². The van der Waals surface area contributed by atoms with Crippen LogP contribution in [0.2, 0.25) is 0 Å². The van der Waals surface area contributed by atoms with Crippen molar-refractivity contribution in [1.29, 1.82) is 0 Å². The van der Waals surface area contributed by atoms with Gasteiger partial charge in [-0.05, 0) is 117 Å². The fraction of sp³-hybridized carbons (Fsp3) is 0.533. The summed E-state index contributed by atoms with van der Waals surface area (Å²) in [6.45, 7) is 7.40. The van der Waals surface area contributed by atoms with Gasteiger partial charge in [-0.3, -0.25) is 0 Å². The summed E-state index contributed by atoms with van der Waals surface area (Å²) in [4.78, 5) is 2.65. The zero-order valence-corrected chi connectivity index (χ0v) is 20.4. The van der Waals surface area contributed by atoms with Crippen molar-refractivity contribution in [1.82, 2.24) is 4.90 Å². The summed E-state index contributed by atoms with van der Waals surface area (Å²) in [5.74, 6) is 2.55. The van der Waals surface area contributed by atoms with Gasteiger partial charge in [0.25, 0.3) is 0 Å². The van der Waals surface area contributed by atoms with Gasteiger partial charge in [0, 0.05) is 19.2 Å². The van der Waals surface area contributed by atoms with Crippen LogP contribution < -0.4 is 0 Å². The van der Waals surface area contributed by atoms with Crippen LogP contribution in [0.5, 0.6) is 5.75 Å². The van der Waals surface area contributed by atoms with E-state index in [1.54, 1.807) is 0 Å². The molecule has 1 saturated carbocycles. The molecule has 1 saturated heterocycles. The lowest BCUT2D eigenvalue weighted by molar-refractivity contribution is 0.205. The lowest BCUT2D eigenvalue weighted by Gasteiger charge is -2.35. The molecular weight excluding hydrogens is 406 g/mol. The molecule has 1 aliphatic carbocycles. The molecule has 0 amide bonds. The number of phenols is 1. The van der Waals surface area contributed by atoms with Crippen molar-refractivity contribution < 1.29 is 10.2 Å². The van der Waals surface area contributed by atoms with Crippen LogP contribution in [0.4, 0.5) is 0 Å². The van der Waals surface area contributed by atoms with Gasteiger partial charge < -0.3 is 15.1 Å². The third kappa shape index (κ3) is 5.88. The highest BCUT2D eigenvalue weighted by Crippen LogP contribution is 2.45. The SMILES string of the molecule is CC(C)N1CCC(C2CCC(/C(=C(/CCCO)c3ccccc3)c3ccc(O)cc3)CC2)C1. The Morgan fingerprint density at radius 3 is 2.18 bits per heavy atom. The third-order valence-corrected chi connectivity index (χ3v) is 8.04. The number of hydrogen-bond acceptors (Lipinski definition) is 3. The number of likely N-dealkylation sites (tertiary alicyclic amines) is 1. The number of hydrogen-bond donors (Lipinski definition) is 2. The number of nitrogens with zero attached hydrogens (tertiary/aromatic N) is 1. The van der Waals surface area contributed by atoms with E-state index in [0.29, 0.717) is 17.7 Å². The molecular formula is C30H41NO2. The molecule has 2 aromatic rings. The van der Waals surface area contributed by atoms with E-state index < -0.39 is 0 Å². The maximum atomic E-state index is 9.91. The van der Waals surface area contributed by atoms with E-state index in [-0.39, 0.29) is 6.61 Å². The zero-order valence-electron chi connectivity index (χ0n) is 20.4. The van der Waals surface area contributed by atoms with Gasteiger partial charge in [0.15, 0.2) is 0 Å². The predicted octanol–water partition coefficient (Wildman–Crippen LogP) is 6.61. The summed E-state index contributed by atoms with van der Waals surface area (Å²) in [5, 5.41) is 19.5. The normalized spacial score (nSPS) is 24.8. The van der Waals surface area contributed by atoms with Crippen molar-refractivity contribution in [2.75, 3.05) is 19.7 Å². The molecule has 2 aromatic carbocycles. The van der Waals surface area contributed by atoms with E-state index in [9.17, 15) is 10.2 Å². The molecule has 1 atom stereocenters. The maximum absolute atomic E-state index is 9.91. The zero-order chi connectivity index (χ0) is 23.2. The van der Waals surface area contributed by atoms with Gasteiger partial charge in [-0.25, -0.2) is 0 Å². The van der Waals surface area contributed by atoms with Gasteiger partial charge >= 0.3 is 0 Å². The fourth-order valence-electron chi connectivity index (χ4n) is 6.18. The first-order chi connectivity index (χ1) is 16.1. The third-order valence-electron chi connectivity index (χ3n) is 8.04. The Labute approximate surface area is 200 Å². The molecule has 0 aromatic heterocycles. The van der Waals surface area contributed by atoms with E-state index in [0.717, 1.165) is 24.7 Å². The summed E-state index contributed by atoms with van der Waals surface area (Å²) in [5.41, 5.74) is 5.29. The Hall–Kier alpha value is -2.10. The number of allylic oxidation sites excluding steroid dienone is 2. The quantitative estimate of drug-likeness (QED) is 0.447. The van der Waals surface area contributed by atoms with Gasteiger partial charge in [-0.1, -0.05) is 42.5 Å². The molecule has 0 bridgehead atoms. The van der Waals surface area contributed by atoms with Crippen LogP contribution in [0.1, 0.15) is 69.9 Å². The maximum Gasteiger partial charge on any atom is 0.115 e. The Balaban J connectivity index is 1.61. The minimum atomic E-state index is 0.208. The molecule has 1 aliphatic heterocycles. The average molecular weight is 448 g/mol. The van der Waals surface area contributed by atoms with Gasteiger partial charge in [0.2, 0.25) is 0 Å². The Morgan fingerprint density at radius 1 is 0.879 bits per heavy atom. The second-order valence-corrected chi connectivity index (χ2v) is 10.4. The van der Waals surface area contributed by atoms with Crippen LogP contribution in [-0.4, -0.2) is 40.9 Å². The van der Waals surface area contributed by atoms with Crippen molar-refractivity contribution in [2.24, 2.45) is 17.8 Å². The number of rotatable bonds is 8. The van der Waals surface area contributed by atoms with Gasteiger partial charge in [-0.2, -0.15) is 0 Å². The van der Waals surface area contributed by atoms with E-state index in [1.165, 1.54) is 67.5 Å². The molecule has 0 radical (unpaired) electrons. The molecule has 2 N–H and O–H groups in total. The van der Waals surface area contributed by atoms with Crippen molar-refractivity contribution in [2.45, 2.75) is 64.8 Å². The second-order valence-electron chi connectivity index (χ2n) is 10.4. The van der Waals surface area contributed by atoms with E-state index in [2.05, 4.69) is 61.2 Å². The van der Waals surface area contributed by atoms with Crippen LogP contribution in [-0.2, 0) is 0 Å². The van der Waals surface area contributed by atoms with Crippen LogP contribution >= 0.6 is 0 Å². The predicted molar refractivity (Wildman–Crippen MR) is 138 cm³/mol. The van der Waals surface area contributed by atoms with Crippen molar-refractivity contribution in [3.8, 4) is 5.75 Å². The number of aromatic hydroxyl groups is 1. The van der Waals surface area contributed by atoms with Crippen molar-refractivity contribution in [3.63, 3.8) is 0 Å². The highest BCUT2D eigenvalue weighted by molar-refractivity contribution is 5.92. The highest BCUT2D eigenvalue weighted by Gasteiger charge is 2.34. The van der Waals surface area contributed by atoms with Crippen molar-refractivity contribution in [3.05, 3.63) is 65.7 Å². The number of phenolic OH excluding ortho intramolecular Hbond substituents is 1. The topological polar surface area (TPSA) is 43.7 Å². The molecule has 178 valence electrons. The Bertz CT molecular complexity index is 895. The highest BCUT2D eigenvalue weighted by atomic mass is 16.3. The van der Waals surface area contributed by atoms with Crippen LogP contribution in [0.15, 0.2) is 54.6 Å². The molecule has 2 fully saturated rings. The number of benzene rings is 2. The summed E-state index contributed by atoms with van der Waals surface area (Å²) in [7, 11) is 0. The summed E-state index contributed by atoms with van der Waals surface area (Å²) >= 11 is 0. The first-order valence-electron chi connectivity index (χ1n) is 13.0. The van der Waals surface area contributed by atoms with Gasteiger partial charge in [-0.15, -0.1) is 0 Å². The first-order valence-corrected chi connectivity index (χ1v) is 13.0. The molecule has 1 unspecified atom stereocenters. The molecule has 4 rings (SSSR count). The van der Waals surface area contributed by atoms with Gasteiger partial charge in [0.05, 0.1) is 0 Å². The molecule has 1 heterocycles. The first kappa shape index (κ1) is 24.0. The molecule has 2 aliphatic rings. The smallest absolute Gasteiger partial charge is 0.115 e. The molecule has 33 heavy (non-hydrogen) atoms. The second kappa shape index (κ2) is 11.4. The molecule has 0 spiro atoms. The van der Waals surface area contributed by atoms with Crippen LogP contribution in [0.25, 0.3) is 11.1 Å². The van der Waals surface area contributed by atoms with E-state index >= 15 is 0 Å². The van der Waals surface area contributed by atoms with E-state index in [4.69, 9.17) is 0 Å². The summed E-state index contributed by atoms with van der Waals surface area (Å²) < 4.78 is 0.